The van der Waals surface area contributed by atoms with Crippen LogP contribution in [0.3, 0.4) is 0 Å². The fourth-order valence-corrected chi connectivity index (χ4v) is 5.13. The van der Waals surface area contributed by atoms with E-state index in [9.17, 15) is 24.8 Å². The summed E-state index contributed by atoms with van der Waals surface area (Å²) < 4.78 is 11.1. The first-order chi connectivity index (χ1) is 17.8. The Hall–Kier alpha value is -4.84. The van der Waals surface area contributed by atoms with Gasteiger partial charge in [-0.05, 0) is 36.4 Å². The lowest BCUT2D eigenvalue weighted by molar-refractivity contribution is -0.384. The Bertz CT molecular complexity index is 1600. The molecule has 1 N–H and O–H groups in total. The minimum absolute atomic E-state index is 0.129. The van der Waals surface area contributed by atoms with Crippen molar-refractivity contribution in [2.45, 2.75) is 6.04 Å². The van der Waals surface area contributed by atoms with Gasteiger partial charge in [-0.3, -0.25) is 29.6 Å². The van der Waals surface area contributed by atoms with Crippen LogP contribution in [-0.2, 0) is 9.59 Å². The zero-order chi connectivity index (χ0) is 26.3. The van der Waals surface area contributed by atoms with Crippen LogP contribution in [0.4, 0.5) is 10.8 Å². The maximum absolute atomic E-state index is 13.4. The number of carbonyl (C=O) groups excluding carboxylic acids is 2. The Morgan fingerprint density at radius 1 is 1.11 bits per heavy atom. The third-order valence-corrected chi connectivity index (χ3v) is 6.87. The van der Waals surface area contributed by atoms with Crippen LogP contribution in [0.5, 0.6) is 11.5 Å². The highest BCUT2D eigenvalue weighted by Gasteiger charge is 2.49. The molecule has 5 rings (SSSR count). The van der Waals surface area contributed by atoms with Gasteiger partial charge in [-0.2, -0.15) is 0 Å². The summed E-state index contributed by atoms with van der Waals surface area (Å²) in [6, 6.07) is 12.7. The number of aromatic nitrogens is 2. The third-order valence-electron chi connectivity index (χ3n) is 5.85. The van der Waals surface area contributed by atoms with Crippen LogP contribution >= 0.6 is 11.3 Å². The van der Waals surface area contributed by atoms with Crippen molar-refractivity contribution >= 4 is 49.8 Å². The van der Waals surface area contributed by atoms with E-state index in [1.165, 1.54) is 44.7 Å². The number of Topliss-reactive ketones (excluding diaryl/α,β-unsaturated/α-hetero) is 1. The molecule has 4 aromatic rings. The molecule has 1 aliphatic rings. The summed E-state index contributed by atoms with van der Waals surface area (Å²) in [5.41, 5.74) is 0.550. The maximum atomic E-state index is 13.4. The summed E-state index contributed by atoms with van der Waals surface area (Å²) in [6.45, 7) is 0. The average molecular weight is 519 g/mol. The number of fused-ring (bicyclic) bond motifs is 1. The first-order valence-corrected chi connectivity index (χ1v) is 11.6. The molecule has 2 aromatic heterocycles. The van der Waals surface area contributed by atoms with E-state index in [-0.39, 0.29) is 27.7 Å². The third kappa shape index (κ3) is 4.02. The van der Waals surface area contributed by atoms with Gasteiger partial charge in [0.1, 0.15) is 23.3 Å². The summed E-state index contributed by atoms with van der Waals surface area (Å²) >= 11 is 1.01. The number of ether oxygens (including phenoxy) is 2. The van der Waals surface area contributed by atoms with Crippen molar-refractivity contribution in [3.8, 4) is 11.5 Å². The second kappa shape index (κ2) is 9.32. The number of thiazole rings is 1. The minimum Gasteiger partial charge on any atom is -0.507 e. The van der Waals surface area contributed by atoms with Crippen molar-refractivity contribution in [3.05, 3.63) is 87.7 Å². The van der Waals surface area contributed by atoms with E-state index in [4.69, 9.17) is 9.47 Å². The Morgan fingerprint density at radius 2 is 1.92 bits per heavy atom. The number of amides is 1. The zero-order valence-corrected chi connectivity index (χ0v) is 20.3. The number of nitrogens with zero attached hydrogens (tertiary/aromatic N) is 4. The second-order valence-corrected chi connectivity index (χ2v) is 8.90. The quantitative estimate of drug-likeness (QED) is 0.130. The second-order valence-electron chi connectivity index (χ2n) is 7.90. The largest absolute Gasteiger partial charge is 0.507 e. The Morgan fingerprint density at radius 3 is 2.59 bits per heavy atom. The Balaban J connectivity index is 1.73. The van der Waals surface area contributed by atoms with Crippen LogP contribution in [0.25, 0.3) is 16.0 Å². The highest BCUT2D eigenvalue weighted by atomic mass is 32.1. The van der Waals surface area contributed by atoms with Gasteiger partial charge in [-0.25, -0.2) is 4.98 Å². The van der Waals surface area contributed by atoms with Gasteiger partial charge in [0, 0.05) is 18.3 Å². The van der Waals surface area contributed by atoms with E-state index in [0.29, 0.717) is 21.7 Å². The molecule has 0 radical (unpaired) electrons. The molecule has 0 spiro atoms. The van der Waals surface area contributed by atoms with Crippen molar-refractivity contribution in [2.75, 3.05) is 19.1 Å². The van der Waals surface area contributed by atoms with Crippen molar-refractivity contribution in [2.24, 2.45) is 0 Å². The van der Waals surface area contributed by atoms with E-state index < -0.39 is 28.4 Å². The van der Waals surface area contributed by atoms with E-state index in [1.807, 2.05) is 0 Å². The molecule has 2 aromatic carbocycles. The van der Waals surface area contributed by atoms with E-state index in [2.05, 4.69) is 9.97 Å². The van der Waals surface area contributed by atoms with Gasteiger partial charge in [-0.15, -0.1) is 0 Å². The number of anilines is 1. The average Bonchev–Trinajstić information content (AvgIpc) is 3.45. The number of methoxy groups -OCH3 is 2. The molecule has 0 saturated carbocycles. The number of nitro groups is 1. The molecule has 0 aliphatic carbocycles. The molecule has 1 saturated heterocycles. The number of aliphatic hydroxyl groups is 1. The molecule has 37 heavy (non-hydrogen) atoms. The van der Waals surface area contributed by atoms with Crippen LogP contribution in [0, 0.1) is 10.1 Å². The fourth-order valence-electron chi connectivity index (χ4n) is 4.11. The van der Waals surface area contributed by atoms with E-state index in [1.54, 1.807) is 30.3 Å². The standard InChI is InChI=1S/C25H18N4O7S/c1-35-14-7-9-18(36-2)15(12-14)22(30)20-21(17-5-3-4-10-26-17)28(24(32)23(20)31)25-27-16-8-6-13(29(33)34)11-19(16)37-25/h3-12,21,30H,1-2H3/b22-20+. The predicted octanol–water partition coefficient (Wildman–Crippen LogP) is 4.24. The molecule has 3 heterocycles. The molecule has 1 fully saturated rings. The van der Waals surface area contributed by atoms with Crippen LogP contribution in [0.1, 0.15) is 17.3 Å². The number of carbonyl (C=O) groups is 2. The van der Waals surface area contributed by atoms with Gasteiger partial charge in [0.2, 0.25) is 0 Å². The van der Waals surface area contributed by atoms with Crippen molar-refractivity contribution < 1.29 is 29.1 Å². The molecular weight excluding hydrogens is 500 g/mol. The first-order valence-electron chi connectivity index (χ1n) is 10.8. The molecule has 0 bridgehead atoms. The Kier molecular flexibility index (Phi) is 6.01. The highest BCUT2D eigenvalue weighted by Crippen LogP contribution is 2.45. The number of ketones is 1. The number of nitro benzene ring substituents is 1. The molecule has 1 atom stereocenters. The zero-order valence-electron chi connectivity index (χ0n) is 19.4. The van der Waals surface area contributed by atoms with Crippen molar-refractivity contribution in [1.29, 1.82) is 0 Å². The van der Waals surface area contributed by atoms with Crippen molar-refractivity contribution in [3.63, 3.8) is 0 Å². The lowest BCUT2D eigenvalue weighted by atomic mass is 9.98. The van der Waals surface area contributed by atoms with Gasteiger partial charge >= 0.3 is 5.91 Å². The molecule has 1 aliphatic heterocycles. The lowest BCUT2D eigenvalue weighted by Gasteiger charge is -2.22. The summed E-state index contributed by atoms with van der Waals surface area (Å²) in [5, 5.41) is 22.7. The van der Waals surface area contributed by atoms with Gasteiger partial charge in [0.15, 0.2) is 5.13 Å². The number of aliphatic hydroxyl groups excluding tert-OH is 1. The van der Waals surface area contributed by atoms with E-state index in [0.717, 1.165) is 16.2 Å². The normalized spacial score (nSPS) is 16.8. The fraction of sp³-hybridized carbons (Fsp3) is 0.120. The molecule has 1 amide bonds. The van der Waals surface area contributed by atoms with Crippen LogP contribution in [-0.4, -0.2) is 45.9 Å². The smallest absolute Gasteiger partial charge is 0.301 e. The summed E-state index contributed by atoms with van der Waals surface area (Å²) in [6.07, 6.45) is 1.50. The van der Waals surface area contributed by atoms with Crippen LogP contribution < -0.4 is 14.4 Å². The van der Waals surface area contributed by atoms with Gasteiger partial charge in [0.25, 0.3) is 11.5 Å². The minimum atomic E-state index is -1.12. The predicted molar refractivity (Wildman–Crippen MR) is 135 cm³/mol. The first kappa shape index (κ1) is 23.9. The monoisotopic (exact) mass is 518 g/mol. The molecule has 11 nitrogen and oxygen atoms in total. The highest BCUT2D eigenvalue weighted by molar-refractivity contribution is 7.22. The molecule has 12 heteroatoms. The number of rotatable bonds is 6. The molecule has 186 valence electrons. The summed E-state index contributed by atoms with van der Waals surface area (Å²) in [4.78, 5) is 47.4. The number of hydrogen-bond donors (Lipinski definition) is 1. The topological polar surface area (TPSA) is 145 Å². The Labute approximate surface area is 213 Å². The van der Waals surface area contributed by atoms with E-state index >= 15 is 0 Å². The number of non-ortho nitro benzene ring substituents is 1. The molecule has 1 unspecified atom stereocenters. The van der Waals surface area contributed by atoms with Gasteiger partial charge < -0.3 is 14.6 Å². The SMILES string of the molecule is COc1ccc(OC)c(/C(O)=C2\C(=O)C(=O)N(c3nc4ccc([N+](=O)[O-])cc4s3)C2c2ccccn2)c1. The lowest BCUT2D eigenvalue weighted by Crippen LogP contribution is -2.29. The van der Waals surface area contributed by atoms with Crippen molar-refractivity contribution in [1.82, 2.24) is 9.97 Å². The molecular formula is C25H18N4O7S. The van der Waals surface area contributed by atoms with Crippen LogP contribution in [0.15, 0.2) is 66.4 Å². The number of benzene rings is 2. The number of pyridine rings is 1. The number of hydrogen-bond acceptors (Lipinski definition) is 10. The van der Waals surface area contributed by atoms with Gasteiger partial charge in [0.05, 0.1) is 46.2 Å². The van der Waals surface area contributed by atoms with Gasteiger partial charge in [-0.1, -0.05) is 17.4 Å². The summed E-state index contributed by atoms with van der Waals surface area (Å²) in [5.74, 6) is -1.67. The maximum Gasteiger partial charge on any atom is 0.301 e. The van der Waals surface area contributed by atoms with Crippen LogP contribution in [0.2, 0.25) is 0 Å². The summed E-state index contributed by atoms with van der Waals surface area (Å²) in [7, 11) is 2.86.